The first-order valence-corrected chi connectivity index (χ1v) is 7.16. The smallest absolute Gasteiger partial charge is 0.226 e. The van der Waals surface area contributed by atoms with Crippen LogP contribution in [0.15, 0.2) is 0 Å². The summed E-state index contributed by atoms with van der Waals surface area (Å²) in [7, 11) is 2.01. The number of amides is 1. The van der Waals surface area contributed by atoms with Crippen molar-refractivity contribution in [3.05, 3.63) is 0 Å². The average Bonchev–Trinajstić information content (AvgIpc) is 2.38. The number of hydrogen-bond acceptors (Lipinski definition) is 2. The molecule has 0 radical (unpaired) electrons. The molecule has 1 N–H and O–H groups in total. The highest BCUT2D eigenvalue weighted by molar-refractivity contribution is 5.79. The highest BCUT2D eigenvalue weighted by atomic mass is 16.2. The summed E-state index contributed by atoms with van der Waals surface area (Å²) < 4.78 is 0. The van der Waals surface area contributed by atoms with Crippen LogP contribution in [0.25, 0.3) is 0 Å². The maximum Gasteiger partial charge on any atom is 0.226 e. The van der Waals surface area contributed by atoms with Crippen LogP contribution in [0.1, 0.15) is 45.4 Å². The molecule has 2 aliphatic rings. The van der Waals surface area contributed by atoms with E-state index in [-0.39, 0.29) is 5.92 Å². The molecule has 1 saturated heterocycles. The lowest BCUT2D eigenvalue weighted by Gasteiger charge is -2.36. The van der Waals surface area contributed by atoms with E-state index < -0.39 is 0 Å². The Bertz CT molecular complexity index is 261. The lowest BCUT2D eigenvalue weighted by molar-refractivity contribution is -0.137. The summed E-state index contributed by atoms with van der Waals surface area (Å²) in [4.78, 5) is 14.5. The van der Waals surface area contributed by atoms with Crippen molar-refractivity contribution in [2.75, 3.05) is 20.1 Å². The molecule has 0 bridgehead atoms. The average molecular weight is 238 g/mol. The van der Waals surface area contributed by atoms with Crippen molar-refractivity contribution in [1.82, 2.24) is 10.2 Å². The SMILES string of the molecule is CC1CNCC(C(=O)N(C)C2CCCCC2)C1. The van der Waals surface area contributed by atoms with Crippen molar-refractivity contribution in [3.8, 4) is 0 Å². The number of nitrogens with zero attached hydrogens (tertiary/aromatic N) is 1. The van der Waals surface area contributed by atoms with Crippen LogP contribution in [0, 0.1) is 11.8 Å². The van der Waals surface area contributed by atoms with Gasteiger partial charge >= 0.3 is 0 Å². The lowest BCUT2D eigenvalue weighted by Crippen LogP contribution is -2.47. The molecule has 98 valence electrons. The van der Waals surface area contributed by atoms with Crippen LogP contribution in [0.3, 0.4) is 0 Å². The Labute approximate surface area is 105 Å². The van der Waals surface area contributed by atoms with Gasteiger partial charge in [-0.15, -0.1) is 0 Å². The minimum Gasteiger partial charge on any atom is -0.342 e. The van der Waals surface area contributed by atoms with Gasteiger partial charge in [-0.05, 0) is 31.7 Å². The van der Waals surface area contributed by atoms with Crippen molar-refractivity contribution in [1.29, 1.82) is 0 Å². The van der Waals surface area contributed by atoms with E-state index in [0.717, 1.165) is 19.5 Å². The van der Waals surface area contributed by atoms with E-state index in [4.69, 9.17) is 0 Å². The van der Waals surface area contributed by atoms with Crippen LogP contribution in [0.5, 0.6) is 0 Å². The summed E-state index contributed by atoms with van der Waals surface area (Å²) >= 11 is 0. The Kier molecular flexibility index (Phi) is 4.43. The summed E-state index contributed by atoms with van der Waals surface area (Å²) in [6, 6.07) is 0.508. The van der Waals surface area contributed by atoms with Gasteiger partial charge in [-0.2, -0.15) is 0 Å². The first-order chi connectivity index (χ1) is 8.18. The van der Waals surface area contributed by atoms with Gasteiger partial charge in [-0.3, -0.25) is 4.79 Å². The third kappa shape index (κ3) is 3.21. The van der Waals surface area contributed by atoms with Gasteiger partial charge in [0.2, 0.25) is 5.91 Å². The Morgan fingerprint density at radius 3 is 2.53 bits per heavy atom. The van der Waals surface area contributed by atoms with E-state index in [2.05, 4.69) is 12.2 Å². The fourth-order valence-electron chi connectivity index (χ4n) is 3.28. The van der Waals surface area contributed by atoms with E-state index in [9.17, 15) is 4.79 Å². The lowest BCUT2D eigenvalue weighted by atomic mass is 9.89. The molecule has 0 spiro atoms. The molecule has 2 rings (SSSR count). The Hall–Kier alpha value is -0.570. The van der Waals surface area contributed by atoms with Crippen molar-refractivity contribution >= 4 is 5.91 Å². The molecule has 3 heteroatoms. The minimum atomic E-state index is 0.214. The molecule has 3 nitrogen and oxygen atoms in total. The van der Waals surface area contributed by atoms with Crippen LogP contribution in [-0.4, -0.2) is 37.0 Å². The van der Waals surface area contributed by atoms with Crippen molar-refractivity contribution in [2.24, 2.45) is 11.8 Å². The standard InChI is InChI=1S/C14H26N2O/c1-11-8-12(10-15-9-11)14(17)16(2)13-6-4-3-5-7-13/h11-13,15H,3-10H2,1-2H3. The molecule has 1 aliphatic carbocycles. The van der Waals surface area contributed by atoms with Crippen LogP contribution >= 0.6 is 0 Å². The van der Waals surface area contributed by atoms with Crippen molar-refractivity contribution < 1.29 is 4.79 Å². The number of carbonyl (C=O) groups is 1. The highest BCUT2D eigenvalue weighted by Gasteiger charge is 2.30. The predicted octanol–water partition coefficient (Wildman–Crippen LogP) is 2.02. The second-order valence-electron chi connectivity index (χ2n) is 5.94. The second kappa shape index (κ2) is 5.85. The van der Waals surface area contributed by atoms with E-state index >= 15 is 0 Å². The largest absolute Gasteiger partial charge is 0.342 e. The molecule has 1 heterocycles. The number of hydrogen-bond donors (Lipinski definition) is 1. The molecule has 1 amide bonds. The maximum absolute atomic E-state index is 12.4. The summed E-state index contributed by atoms with van der Waals surface area (Å²) in [5.74, 6) is 1.22. The number of rotatable bonds is 2. The van der Waals surface area contributed by atoms with Gasteiger partial charge in [0, 0.05) is 19.6 Å². The number of piperidine rings is 1. The van der Waals surface area contributed by atoms with Crippen molar-refractivity contribution in [2.45, 2.75) is 51.5 Å². The molecule has 0 aromatic carbocycles. The quantitative estimate of drug-likeness (QED) is 0.798. The third-order valence-corrected chi connectivity index (χ3v) is 4.39. The van der Waals surface area contributed by atoms with Crippen LogP contribution in [0.4, 0.5) is 0 Å². The van der Waals surface area contributed by atoms with Gasteiger partial charge in [0.25, 0.3) is 0 Å². The van der Waals surface area contributed by atoms with Gasteiger partial charge in [0.05, 0.1) is 5.92 Å². The molecule has 1 saturated carbocycles. The van der Waals surface area contributed by atoms with E-state index in [1.54, 1.807) is 0 Å². The Morgan fingerprint density at radius 2 is 1.88 bits per heavy atom. The molecule has 0 aromatic heterocycles. The zero-order valence-corrected chi connectivity index (χ0v) is 11.2. The van der Waals surface area contributed by atoms with E-state index in [0.29, 0.717) is 17.9 Å². The van der Waals surface area contributed by atoms with Crippen LogP contribution < -0.4 is 5.32 Å². The van der Waals surface area contributed by atoms with Gasteiger partial charge in [-0.25, -0.2) is 0 Å². The molecule has 2 fully saturated rings. The highest BCUT2D eigenvalue weighted by Crippen LogP contribution is 2.25. The van der Waals surface area contributed by atoms with Gasteiger partial charge in [0.15, 0.2) is 0 Å². The summed E-state index contributed by atoms with van der Waals surface area (Å²) in [6.45, 7) is 4.17. The molecule has 1 aliphatic heterocycles. The maximum atomic E-state index is 12.4. The summed E-state index contributed by atoms with van der Waals surface area (Å²) in [6.07, 6.45) is 7.41. The summed E-state index contributed by atoms with van der Waals surface area (Å²) in [5, 5.41) is 3.38. The van der Waals surface area contributed by atoms with Crippen molar-refractivity contribution in [3.63, 3.8) is 0 Å². The molecular weight excluding hydrogens is 212 g/mol. The fourth-order valence-corrected chi connectivity index (χ4v) is 3.28. The number of nitrogens with one attached hydrogen (secondary N) is 1. The van der Waals surface area contributed by atoms with Gasteiger partial charge < -0.3 is 10.2 Å². The van der Waals surface area contributed by atoms with Gasteiger partial charge in [-0.1, -0.05) is 26.2 Å². The zero-order valence-electron chi connectivity index (χ0n) is 11.2. The molecule has 2 atom stereocenters. The van der Waals surface area contributed by atoms with E-state index in [1.807, 2.05) is 11.9 Å². The zero-order chi connectivity index (χ0) is 12.3. The monoisotopic (exact) mass is 238 g/mol. The molecule has 0 aromatic rings. The summed E-state index contributed by atoms with van der Waals surface area (Å²) in [5.41, 5.74) is 0. The minimum absolute atomic E-state index is 0.214. The number of carbonyl (C=O) groups excluding carboxylic acids is 1. The molecule has 2 unspecified atom stereocenters. The van der Waals surface area contributed by atoms with E-state index in [1.165, 1.54) is 32.1 Å². The molecular formula is C14H26N2O. The molecule has 17 heavy (non-hydrogen) atoms. The fraction of sp³-hybridized carbons (Fsp3) is 0.929. The normalized spacial score (nSPS) is 31.2. The van der Waals surface area contributed by atoms with Crippen LogP contribution in [-0.2, 0) is 4.79 Å². The van der Waals surface area contributed by atoms with Gasteiger partial charge in [0.1, 0.15) is 0 Å². The second-order valence-corrected chi connectivity index (χ2v) is 5.94. The topological polar surface area (TPSA) is 32.3 Å². The third-order valence-electron chi connectivity index (χ3n) is 4.39. The van der Waals surface area contributed by atoms with Crippen LogP contribution in [0.2, 0.25) is 0 Å². The Morgan fingerprint density at radius 1 is 1.18 bits per heavy atom. The predicted molar refractivity (Wildman–Crippen MR) is 69.8 cm³/mol. The first kappa shape index (κ1) is 12.9. The first-order valence-electron chi connectivity index (χ1n) is 7.16. The Balaban J connectivity index is 1.89.